The Labute approximate surface area is 179 Å². The first-order valence-corrected chi connectivity index (χ1v) is 10.1. The maximum atomic E-state index is 13.1. The third kappa shape index (κ3) is 3.56. The Bertz CT molecular complexity index is 1220. The Morgan fingerprint density at radius 2 is 1.81 bits per heavy atom. The molecule has 2 aromatic carbocycles. The minimum absolute atomic E-state index is 0.155. The molecule has 0 saturated carbocycles. The van der Waals surface area contributed by atoms with Crippen molar-refractivity contribution in [2.45, 2.75) is 20.4 Å². The normalized spacial score (nSPS) is 12.9. The maximum Gasteiger partial charge on any atom is 0.319 e. The lowest BCUT2D eigenvalue weighted by atomic mass is 9.83. The van der Waals surface area contributed by atoms with Crippen LogP contribution in [0.25, 0.3) is 22.1 Å². The van der Waals surface area contributed by atoms with Crippen LogP contribution < -0.4 is 5.73 Å². The molecular formula is C24H24N2O5. The average molecular weight is 420 g/mol. The molecule has 160 valence electrons. The molecule has 2 N–H and O–H groups in total. The van der Waals surface area contributed by atoms with Gasteiger partial charge in [0.2, 0.25) is 11.6 Å². The lowest BCUT2D eigenvalue weighted by Gasteiger charge is -2.16. The Hall–Kier alpha value is -3.29. The van der Waals surface area contributed by atoms with Crippen molar-refractivity contribution < 1.29 is 23.5 Å². The van der Waals surface area contributed by atoms with E-state index in [9.17, 15) is 14.4 Å². The summed E-state index contributed by atoms with van der Waals surface area (Å²) in [5.74, 6) is -0.449. The predicted molar refractivity (Wildman–Crippen MR) is 116 cm³/mol. The SMILES string of the molecule is Cc1c(CN(C)CCOC(=O)CN)oc2c1C(=O)C(=O)c1c-2ccc2c(C)cccc12. The molecule has 1 heterocycles. The number of carbonyl (C=O) groups is 3. The van der Waals surface area contributed by atoms with E-state index in [1.807, 2.05) is 49.2 Å². The molecule has 0 unspecified atom stereocenters. The van der Waals surface area contributed by atoms with Gasteiger partial charge in [0.1, 0.15) is 18.1 Å². The van der Waals surface area contributed by atoms with Gasteiger partial charge >= 0.3 is 5.97 Å². The van der Waals surface area contributed by atoms with Crippen LogP contribution >= 0.6 is 0 Å². The number of aryl methyl sites for hydroxylation is 1. The number of ketones is 2. The van der Waals surface area contributed by atoms with Crippen molar-refractivity contribution >= 4 is 28.3 Å². The molecule has 7 heteroatoms. The number of likely N-dealkylation sites (N-methyl/N-ethyl adjacent to an activating group) is 1. The smallest absolute Gasteiger partial charge is 0.319 e. The highest BCUT2D eigenvalue weighted by molar-refractivity contribution is 6.54. The zero-order valence-corrected chi connectivity index (χ0v) is 17.8. The number of nitrogens with zero attached hydrogens (tertiary/aromatic N) is 1. The van der Waals surface area contributed by atoms with Crippen LogP contribution in [0.5, 0.6) is 0 Å². The van der Waals surface area contributed by atoms with E-state index in [-0.39, 0.29) is 13.2 Å². The van der Waals surface area contributed by atoms with Gasteiger partial charge in [-0.25, -0.2) is 0 Å². The maximum absolute atomic E-state index is 13.1. The largest absolute Gasteiger partial charge is 0.463 e. The van der Waals surface area contributed by atoms with Gasteiger partial charge in [0.25, 0.3) is 0 Å². The van der Waals surface area contributed by atoms with Crippen molar-refractivity contribution in [2.24, 2.45) is 5.73 Å². The number of esters is 1. The number of ether oxygens (including phenoxy) is 1. The number of carbonyl (C=O) groups excluding carboxylic acids is 3. The molecule has 0 bridgehead atoms. The van der Waals surface area contributed by atoms with E-state index in [4.69, 9.17) is 14.9 Å². The Kier molecular flexibility index (Phi) is 5.47. The molecule has 31 heavy (non-hydrogen) atoms. The van der Waals surface area contributed by atoms with Gasteiger partial charge in [0.15, 0.2) is 0 Å². The molecular weight excluding hydrogens is 396 g/mol. The van der Waals surface area contributed by atoms with Crippen molar-refractivity contribution in [3.63, 3.8) is 0 Å². The van der Waals surface area contributed by atoms with Gasteiger partial charge in [0.05, 0.1) is 18.7 Å². The fourth-order valence-electron chi connectivity index (χ4n) is 4.05. The van der Waals surface area contributed by atoms with Gasteiger partial charge in [-0.2, -0.15) is 0 Å². The van der Waals surface area contributed by atoms with Crippen molar-refractivity contribution in [1.29, 1.82) is 0 Å². The topological polar surface area (TPSA) is 103 Å². The third-order valence-corrected chi connectivity index (χ3v) is 5.75. The van der Waals surface area contributed by atoms with Crippen molar-refractivity contribution in [1.82, 2.24) is 4.90 Å². The Balaban J connectivity index is 1.70. The summed E-state index contributed by atoms with van der Waals surface area (Å²) in [6, 6.07) is 9.55. The third-order valence-electron chi connectivity index (χ3n) is 5.75. The van der Waals surface area contributed by atoms with Crippen molar-refractivity contribution in [3.05, 3.63) is 58.3 Å². The molecule has 3 aromatic rings. The van der Waals surface area contributed by atoms with E-state index in [1.54, 1.807) is 6.92 Å². The second-order valence-corrected chi connectivity index (χ2v) is 7.83. The van der Waals surface area contributed by atoms with E-state index in [0.717, 1.165) is 16.3 Å². The van der Waals surface area contributed by atoms with E-state index in [0.29, 0.717) is 46.9 Å². The van der Waals surface area contributed by atoms with Crippen LogP contribution in [0.2, 0.25) is 0 Å². The second kappa shape index (κ2) is 8.09. The molecule has 0 spiro atoms. The number of benzene rings is 2. The molecule has 0 amide bonds. The van der Waals surface area contributed by atoms with E-state index >= 15 is 0 Å². The van der Waals surface area contributed by atoms with Gasteiger partial charge < -0.3 is 14.9 Å². The van der Waals surface area contributed by atoms with E-state index in [1.165, 1.54) is 0 Å². The highest BCUT2D eigenvalue weighted by atomic mass is 16.5. The molecule has 0 aliphatic heterocycles. The van der Waals surface area contributed by atoms with Crippen LogP contribution in [0.3, 0.4) is 0 Å². The average Bonchev–Trinajstić information content (AvgIpc) is 3.07. The fraction of sp³-hybridized carbons (Fsp3) is 0.292. The summed E-state index contributed by atoms with van der Waals surface area (Å²) in [7, 11) is 1.86. The molecule has 0 saturated heterocycles. The molecule has 4 rings (SSSR count). The molecule has 1 aromatic heterocycles. The number of hydrogen-bond acceptors (Lipinski definition) is 7. The van der Waals surface area contributed by atoms with Crippen LogP contribution in [0.15, 0.2) is 34.7 Å². The number of rotatable bonds is 6. The van der Waals surface area contributed by atoms with Crippen LogP contribution in [0.1, 0.15) is 37.6 Å². The minimum Gasteiger partial charge on any atom is -0.463 e. The number of furan rings is 1. The lowest BCUT2D eigenvalue weighted by Crippen LogP contribution is -2.26. The number of hydrogen-bond donors (Lipinski definition) is 1. The summed E-state index contributed by atoms with van der Waals surface area (Å²) in [6.07, 6.45) is 0. The van der Waals surface area contributed by atoms with Gasteiger partial charge in [-0.05, 0) is 43.3 Å². The number of Topliss-reactive ketones (excluding diaryl/α,β-unsaturated/α-hetero) is 2. The van der Waals surface area contributed by atoms with Crippen LogP contribution in [0.4, 0.5) is 0 Å². The summed E-state index contributed by atoms with van der Waals surface area (Å²) in [4.78, 5) is 39.2. The second-order valence-electron chi connectivity index (χ2n) is 7.83. The van der Waals surface area contributed by atoms with Crippen molar-refractivity contribution in [2.75, 3.05) is 26.7 Å². The summed E-state index contributed by atoms with van der Waals surface area (Å²) < 4.78 is 11.1. The quantitative estimate of drug-likeness (QED) is 0.483. The molecule has 0 radical (unpaired) electrons. The lowest BCUT2D eigenvalue weighted by molar-refractivity contribution is -0.142. The molecule has 7 nitrogen and oxygen atoms in total. The summed E-state index contributed by atoms with van der Waals surface area (Å²) in [5, 5.41) is 1.71. The first kappa shape index (κ1) is 21.0. The van der Waals surface area contributed by atoms with Gasteiger partial charge in [0, 0.05) is 23.2 Å². The summed E-state index contributed by atoms with van der Waals surface area (Å²) >= 11 is 0. The molecule has 1 aliphatic rings. The van der Waals surface area contributed by atoms with Crippen molar-refractivity contribution in [3.8, 4) is 11.3 Å². The number of fused-ring (bicyclic) bond motifs is 5. The van der Waals surface area contributed by atoms with E-state index in [2.05, 4.69) is 0 Å². The zero-order chi connectivity index (χ0) is 22.3. The zero-order valence-electron chi connectivity index (χ0n) is 17.8. The van der Waals surface area contributed by atoms with Gasteiger partial charge in [-0.15, -0.1) is 0 Å². The summed E-state index contributed by atoms with van der Waals surface area (Å²) in [6.45, 7) is 4.70. The monoisotopic (exact) mass is 420 g/mol. The Morgan fingerprint density at radius 1 is 1.06 bits per heavy atom. The minimum atomic E-state index is -0.538. The molecule has 0 atom stereocenters. The van der Waals surface area contributed by atoms with Crippen LogP contribution in [-0.2, 0) is 16.1 Å². The molecule has 1 aliphatic carbocycles. The highest BCUT2D eigenvalue weighted by Gasteiger charge is 2.37. The van der Waals surface area contributed by atoms with Crippen LogP contribution in [-0.4, -0.2) is 49.2 Å². The fourth-order valence-corrected chi connectivity index (χ4v) is 4.05. The summed E-state index contributed by atoms with van der Waals surface area (Å²) in [5.41, 5.74) is 8.32. The first-order valence-electron chi connectivity index (χ1n) is 10.1. The van der Waals surface area contributed by atoms with Gasteiger partial charge in [-0.3, -0.25) is 19.3 Å². The molecule has 0 fully saturated rings. The first-order chi connectivity index (χ1) is 14.8. The van der Waals surface area contributed by atoms with E-state index < -0.39 is 17.5 Å². The van der Waals surface area contributed by atoms with Gasteiger partial charge in [-0.1, -0.05) is 24.3 Å². The highest BCUT2D eigenvalue weighted by Crippen LogP contribution is 2.41. The Morgan fingerprint density at radius 3 is 2.55 bits per heavy atom. The number of nitrogens with two attached hydrogens (primary N) is 1. The van der Waals surface area contributed by atoms with Crippen LogP contribution in [0, 0.1) is 13.8 Å². The standard InChI is InChI=1S/C24H24N2O5/c1-13-5-4-6-16-15(13)7-8-17-21(16)23(29)22(28)20-14(2)18(31-24(17)20)12-26(3)9-10-30-19(27)11-25/h4-8H,9-12,25H2,1-3H3. The predicted octanol–water partition coefficient (Wildman–Crippen LogP) is 3.03.